The summed E-state index contributed by atoms with van der Waals surface area (Å²) in [5, 5.41) is 0.294. The van der Waals surface area contributed by atoms with Gasteiger partial charge >= 0.3 is 0 Å². The Morgan fingerprint density at radius 1 is 1.35 bits per heavy atom. The van der Waals surface area contributed by atoms with Crippen molar-refractivity contribution in [1.29, 1.82) is 0 Å². The minimum atomic E-state index is -0.455. The Morgan fingerprint density at radius 3 is 2.71 bits per heavy atom. The fraction of sp³-hybridized carbons (Fsp3) is 0.385. The van der Waals surface area contributed by atoms with Crippen LogP contribution in [0.2, 0.25) is 0 Å². The molecule has 0 atom stereocenters. The SMILES string of the molecule is CC(C)(C)Cc1nc2c(F)cccc2c(=O)[nH]1. The Morgan fingerprint density at radius 2 is 2.06 bits per heavy atom. The number of H-pyrrole nitrogens is 1. The highest BCUT2D eigenvalue weighted by molar-refractivity contribution is 5.77. The number of nitrogens with zero attached hydrogens (tertiary/aromatic N) is 1. The van der Waals surface area contributed by atoms with Gasteiger partial charge in [-0.05, 0) is 17.5 Å². The molecule has 0 aliphatic carbocycles. The highest BCUT2D eigenvalue weighted by atomic mass is 19.1. The summed E-state index contributed by atoms with van der Waals surface area (Å²) in [6.07, 6.45) is 0.604. The second-order valence-corrected chi connectivity index (χ2v) is 5.39. The van der Waals surface area contributed by atoms with E-state index >= 15 is 0 Å². The van der Waals surface area contributed by atoms with Crippen molar-refractivity contribution in [2.45, 2.75) is 27.2 Å². The lowest BCUT2D eigenvalue weighted by molar-refractivity contribution is 0.400. The molecule has 0 unspecified atom stereocenters. The first-order valence-electron chi connectivity index (χ1n) is 5.54. The van der Waals surface area contributed by atoms with Crippen molar-refractivity contribution in [3.05, 3.63) is 40.2 Å². The number of rotatable bonds is 1. The van der Waals surface area contributed by atoms with E-state index in [1.54, 1.807) is 6.07 Å². The van der Waals surface area contributed by atoms with Crippen LogP contribution in [-0.2, 0) is 6.42 Å². The third kappa shape index (κ3) is 2.52. The van der Waals surface area contributed by atoms with E-state index in [-0.39, 0.29) is 16.5 Å². The van der Waals surface area contributed by atoms with Gasteiger partial charge in [0.2, 0.25) is 0 Å². The number of benzene rings is 1. The lowest BCUT2D eigenvalue weighted by atomic mass is 9.92. The first-order chi connectivity index (χ1) is 7.87. The molecule has 3 nitrogen and oxygen atoms in total. The van der Waals surface area contributed by atoms with E-state index in [0.717, 1.165) is 0 Å². The van der Waals surface area contributed by atoms with Crippen molar-refractivity contribution in [2.75, 3.05) is 0 Å². The van der Waals surface area contributed by atoms with Crippen LogP contribution in [0.15, 0.2) is 23.0 Å². The quantitative estimate of drug-likeness (QED) is 0.824. The molecule has 0 aliphatic rings. The molecular weight excluding hydrogens is 219 g/mol. The summed E-state index contributed by atoms with van der Waals surface area (Å²) >= 11 is 0. The molecule has 90 valence electrons. The zero-order valence-corrected chi connectivity index (χ0v) is 10.2. The van der Waals surface area contributed by atoms with Crippen molar-refractivity contribution in [2.24, 2.45) is 5.41 Å². The van der Waals surface area contributed by atoms with Crippen LogP contribution in [0.25, 0.3) is 10.9 Å². The zero-order chi connectivity index (χ0) is 12.6. The maximum atomic E-state index is 13.6. The van der Waals surface area contributed by atoms with Crippen LogP contribution >= 0.6 is 0 Å². The number of hydrogen-bond donors (Lipinski definition) is 1. The van der Waals surface area contributed by atoms with Gasteiger partial charge in [-0.2, -0.15) is 0 Å². The van der Waals surface area contributed by atoms with Crippen LogP contribution in [0.3, 0.4) is 0 Å². The molecule has 0 spiro atoms. The maximum Gasteiger partial charge on any atom is 0.258 e. The third-order valence-electron chi connectivity index (χ3n) is 2.43. The van der Waals surface area contributed by atoms with Crippen LogP contribution in [0, 0.1) is 11.2 Å². The van der Waals surface area contributed by atoms with Gasteiger partial charge in [0.1, 0.15) is 17.2 Å². The molecule has 2 rings (SSSR count). The highest BCUT2D eigenvalue weighted by Crippen LogP contribution is 2.19. The standard InChI is InChI=1S/C13H15FN2O/c1-13(2,3)7-10-15-11-8(12(17)16-10)5-4-6-9(11)14/h4-6H,7H2,1-3H3,(H,15,16,17). The zero-order valence-electron chi connectivity index (χ0n) is 10.2. The van der Waals surface area contributed by atoms with E-state index in [1.807, 2.05) is 20.8 Å². The third-order valence-corrected chi connectivity index (χ3v) is 2.43. The molecule has 1 aromatic heterocycles. The maximum absolute atomic E-state index is 13.6. The first-order valence-corrected chi connectivity index (χ1v) is 5.54. The van der Waals surface area contributed by atoms with Crippen LogP contribution in [0.1, 0.15) is 26.6 Å². The van der Waals surface area contributed by atoms with Crippen LogP contribution in [-0.4, -0.2) is 9.97 Å². The van der Waals surface area contributed by atoms with Crippen LogP contribution < -0.4 is 5.56 Å². The molecule has 0 radical (unpaired) electrons. The van der Waals surface area contributed by atoms with Crippen molar-refractivity contribution in [3.63, 3.8) is 0 Å². The highest BCUT2D eigenvalue weighted by Gasteiger charge is 2.15. The number of aromatic nitrogens is 2. The molecule has 0 bridgehead atoms. The van der Waals surface area contributed by atoms with Crippen molar-refractivity contribution < 1.29 is 4.39 Å². The summed E-state index contributed by atoms with van der Waals surface area (Å²) in [5.74, 6) is 0.0730. The molecule has 0 fully saturated rings. The fourth-order valence-corrected chi connectivity index (χ4v) is 1.76. The number of fused-ring (bicyclic) bond motifs is 1. The van der Waals surface area contributed by atoms with E-state index in [9.17, 15) is 9.18 Å². The van der Waals surface area contributed by atoms with E-state index in [4.69, 9.17) is 0 Å². The summed E-state index contributed by atoms with van der Waals surface area (Å²) in [5.41, 5.74) is -0.140. The molecule has 0 saturated carbocycles. The summed E-state index contributed by atoms with van der Waals surface area (Å²) in [6.45, 7) is 6.12. The van der Waals surface area contributed by atoms with Crippen LogP contribution in [0.5, 0.6) is 0 Å². The van der Waals surface area contributed by atoms with Crippen molar-refractivity contribution >= 4 is 10.9 Å². The Kier molecular flexibility index (Phi) is 2.73. The van der Waals surface area contributed by atoms with Gasteiger partial charge in [0, 0.05) is 6.42 Å². The fourth-order valence-electron chi connectivity index (χ4n) is 1.76. The Bertz CT molecular complexity index is 611. The number of nitrogens with one attached hydrogen (secondary N) is 1. The van der Waals surface area contributed by atoms with Gasteiger partial charge in [-0.3, -0.25) is 4.79 Å². The number of para-hydroxylation sites is 1. The molecule has 0 aliphatic heterocycles. The molecule has 1 N–H and O–H groups in total. The lowest BCUT2D eigenvalue weighted by Gasteiger charge is -2.17. The smallest absolute Gasteiger partial charge is 0.258 e. The lowest BCUT2D eigenvalue weighted by Crippen LogP contribution is -2.18. The topological polar surface area (TPSA) is 45.8 Å². The predicted octanol–water partition coefficient (Wildman–Crippen LogP) is 2.65. The van der Waals surface area contributed by atoms with Gasteiger partial charge in [-0.1, -0.05) is 26.8 Å². The summed E-state index contributed by atoms with van der Waals surface area (Å²) < 4.78 is 13.6. The van der Waals surface area contributed by atoms with Gasteiger partial charge in [0.15, 0.2) is 0 Å². The van der Waals surface area contributed by atoms with Gasteiger partial charge in [0.25, 0.3) is 5.56 Å². The molecule has 0 saturated heterocycles. The van der Waals surface area contributed by atoms with E-state index in [2.05, 4.69) is 9.97 Å². The van der Waals surface area contributed by atoms with E-state index in [1.165, 1.54) is 12.1 Å². The second-order valence-electron chi connectivity index (χ2n) is 5.39. The number of aromatic amines is 1. The van der Waals surface area contributed by atoms with Crippen molar-refractivity contribution in [3.8, 4) is 0 Å². The molecule has 17 heavy (non-hydrogen) atoms. The van der Waals surface area contributed by atoms with Gasteiger partial charge in [-0.15, -0.1) is 0 Å². The Hall–Kier alpha value is -1.71. The average molecular weight is 234 g/mol. The summed E-state index contributed by atoms with van der Waals surface area (Å²) in [7, 11) is 0. The largest absolute Gasteiger partial charge is 0.310 e. The van der Waals surface area contributed by atoms with E-state index in [0.29, 0.717) is 17.6 Å². The predicted molar refractivity (Wildman–Crippen MR) is 65.5 cm³/mol. The van der Waals surface area contributed by atoms with Gasteiger partial charge in [-0.25, -0.2) is 9.37 Å². The molecule has 4 heteroatoms. The minimum Gasteiger partial charge on any atom is -0.310 e. The van der Waals surface area contributed by atoms with Crippen LogP contribution in [0.4, 0.5) is 4.39 Å². The molecule has 0 amide bonds. The van der Waals surface area contributed by atoms with Gasteiger partial charge in [0.05, 0.1) is 5.39 Å². The molecule has 1 aromatic carbocycles. The molecular formula is C13H15FN2O. The Balaban J connectivity index is 2.63. The second kappa shape index (κ2) is 3.95. The average Bonchev–Trinajstić information content (AvgIpc) is 2.17. The monoisotopic (exact) mass is 234 g/mol. The molecule has 1 heterocycles. The summed E-state index contributed by atoms with van der Waals surface area (Å²) in [4.78, 5) is 18.7. The summed E-state index contributed by atoms with van der Waals surface area (Å²) in [6, 6.07) is 4.40. The number of hydrogen-bond acceptors (Lipinski definition) is 2. The molecule has 2 aromatic rings. The normalized spacial score (nSPS) is 12.0. The Labute approximate surface area is 98.7 Å². The first kappa shape index (κ1) is 11.8. The van der Waals surface area contributed by atoms with Gasteiger partial charge < -0.3 is 4.98 Å². The van der Waals surface area contributed by atoms with Crippen molar-refractivity contribution in [1.82, 2.24) is 9.97 Å². The van der Waals surface area contributed by atoms with E-state index < -0.39 is 5.82 Å². The number of halogens is 1. The minimum absolute atomic E-state index is 0.00509.